The molecule has 1 amide bonds. The molecule has 1 aliphatic rings. The summed E-state index contributed by atoms with van der Waals surface area (Å²) in [5.74, 6) is 0.572. The molecule has 0 aliphatic carbocycles. The number of aryl methyl sites for hydroxylation is 1. The van der Waals surface area contributed by atoms with Crippen molar-refractivity contribution in [3.63, 3.8) is 0 Å². The molecule has 0 unspecified atom stereocenters. The van der Waals surface area contributed by atoms with E-state index in [1.807, 2.05) is 25.7 Å². The van der Waals surface area contributed by atoms with Crippen LogP contribution in [-0.4, -0.2) is 34.3 Å². The zero-order chi connectivity index (χ0) is 19.1. The lowest BCUT2D eigenvalue weighted by molar-refractivity contribution is 0.0166. The number of benzene rings is 1. The molecule has 0 saturated carbocycles. The molecule has 1 fully saturated rings. The first-order valence-electron chi connectivity index (χ1n) is 9.73. The van der Waals surface area contributed by atoms with E-state index in [1.54, 1.807) is 0 Å². The van der Waals surface area contributed by atoms with E-state index in [-0.39, 0.29) is 6.09 Å². The smallest absolute Gasteiger partial charge is 0.410 e. The molecular weight excluding hydrogens is 324 g/mol. The van der Waals surface area contributed by atoms with Gasteiger partial charge in [-0.3, -0.25) is 0 Å². The fourth-order valence-corrected chi connectivity index (χ4v) is 4.18. The van der Waals surface area contributed by atoms with Crippen molar-refractivity contribution in [2.75, 3.05) is 13.1 Å². The number of fused-ring (bicyclic) bond motifs is 1. The third kappa shape index (κ3) is 3.60. The summed E-state index contributed by atoms with van der Waals surface area (Å²) >= 11 is 0. The van der Waals surface area contributed by atoms with Gasteiger partial charge in [0, 0.05) is 35.7 Å². The largest absolute Gasteiger partial charge is 0.444 e. The predicted octanol–water partition coefficient (Wildman–Crippen LogP) is 5.47. The quantitative estimate of drug-likeness (QED) is 0.715. The molecular formula is C22H32N2O2. The van der Waals surface area contributed by atoms with Crippen molar-refractivity contribution in [3.05, 3.63) is 35.5 Å². The summed E-state index contributed by atoms with van der Waals surface area (Å²) in [7, 11) is 0. The van der Waals surface area contributed by atoms with Crippen LogP contribution >= 0.6 is 0 Å². The summed E-state index contributed by atoms with van der Waals surface area (Å²) in [6.45, 7) is 14.1. The molecule has 1 atom stereocenters. The molecule has 1 aromatic heterocycles. The number of piperidine rings is 1. The molecule has 0 N–H and O–H groups in total. The average molecular weight is 357 g/mol. The van der Waals surface area contributed by atoms with Gasteiger partial charge in [0.2, 0.25) is 0 Å². The molecule has 4 nitrogen and oxygen atoms in total. The molecule has 0 spiro atoms. The van der Waals surface area contributed by atoms with Crippen LogP contribution in [0, 0.1) is 19.8 Å². The second-order valence-corrected chi connectivity index (χ2v) is 8.64. The van der Waals surface area contributed by atoms with Gasteiger partial charge in [0.05, 0.1) is 0 Å². The van der Waals surface area contributed by atoms with Gasteiger partial charge in [-0.15, -0.1) is 0 Å². The van der Waals surface area contributed by atoms with Gasteiger partial charge in [0.25, 0.3) is 0 Å². The molecule has 26 heavy (non-hydrogen) atoms. The maximum atomic E-state index is 12.3. The maximum Gasteiger partial charge on any atom is 0.410 e. The van der Waals surface area contributed by atoms with E-state index in [0.717, 1.165) is 25.9 Å². The second kappa shape index (κ2) is 6.98. The number of amides is 1. The normalized spacial score (nSPS) is 17.5. The van der Waals surface area contributed by atoms with Crippen LogP contribution in [-0.2, 0) is 4.74 Å². The Morgan fingerprint density at radius 2 is 1.77 bits per heavy atom. The zero-order valence-corrected chi connectivity index (χ0v) is 17.0. The average Bonchev–Trinajstić information content (AvgIpc) is 2.84. The SMILES string of the molecule is Cc1c(C)n([C@H](C)C2CCN(C(=O)OC(C)(C)C)CC2)c2ccccc12. The number of ether oxygens (including phenoxy) is 1. The highest BCUT2D eigenvalue weighted by molar-refractivity contribution is 5.85. The van der Waals surface area contributed by atoms with Crippen LogP contribution in [0.1, 0.15) is 57.8 Å². The van der Waals surface area contributed by atoms with Gasteiger partial charge in [-0.05, 0) is 71.9 Å². The first-order valence-corrected chi connectivity index (χ1v) is 9.73. The Hall–Kier alpha value is -1.97. The maximum absolute atomic E-state index is 12.3. The van der Waals surface area contributed by atoms with E-state index in [2.05, 4.69) is 49.6 Å². The fourth-order valence-electron chi connectivity index (χ4n) is 4.18. The molecule has 0 radical (unpaired) electrons. The van der Waals surface area contributed by atoms with Gasteiger partial charge in [-0.2, -0.15) is 0 Å². The molecule has 2 aromatic rings. The van der Waals surface area contributed by atoms with Crippen LogP contribution in [0.5, 0.6) is 0 Å². The topological polar surface area (TPSA) is 34.5 Å². The number of rotatable bonds is 2. The Labute approximate surface area is 157 Å². The van der Waals surface area contributed by atoms with Crippen molar-refractivity contribution in [2.45, 2.75) is 66.0 Å². The van der Waals surface area contributed by atoms with Gasteiger partial charge in [-0.25, -0.2) is 4.79 Å². The number of carbonyl (C=O) groups is 1. The molecule has 2 heterocycles. The molecule has 142 valence electrons. The lowest BCUT2D eigenvalue weighted by Gasteiger charge is -2.36. The third-order valence-corrected chi connectivity index (χ3v) is 5.75. The Kier molecular flexibility index (Phi) is 5.05. The van der Waals surface area contributed by atoms with E-state index >= 15 is 0 Å². The lowest BCUT2D eigenvalue weighted by Crippen LogP contribution is -2.42. The summed E-state index contributed by atoms with van der Waals surface area (Å²) in [5.41, 5.74) is 3.62. The van der Waals surface area contributed by atoms with Crippen LogP contribution in [0.3, 0.4) is 0 Å². The molecule has 1 aromatic carbocycles. The Morgan fingerprint density at radius 3 is 2.38 bits per heavy atom. The number of aromatic nitrogens is 1. The number of hydrogen-bond donors (Lipinski definition) is 0. The summed E-state index contributed by atoms with van der Waals surface area (Å²) in [4.78, 5) is 14.2. The molecule has 1 saturated heterocycles. The highest BCUT2D eigenvalue weighted by Gasteiger charge is 2.30. The third-order valence-electron chi connectivity index (χ3n) is 5.75. The number of para-hydroxylation sites is 1. The van der Waals surface area contributed by atoms with Crippen molar-refractivity contribution in [1.82, 2.24) is 9.47 Å². The van der Waals surface area contributed by atoms with E-state index in [0.29, 0.717) is 12.0 Å². The van der Waals surface area contributed by atoms with E-state index in [4.69, 9.17) is 4.74 Å². The first-order chi connectivity index (χ1) is 12.2. The first kappa shape index (κ1) is 18.8. The predicted molar refractivity (Wildman–Crippen MR) is 107 cm³/mol. The van der Waals surface area contributed by atoms with Crippen LogP contribution in [0.2, 0.25) is 0 Å². The van der Waals surface area contributed by atoms with Gasteiger partial charge in [0.15, 0.2) is 0 Å². The lowest BCUT2D eigenvalue weighted by atomic mass is 9.90. The van der Waals surface area contributed by atoms with Gasteiger partial charge < -0.3 is 14.2 Å². The number of carbonyl (C=O) groups excluding carboxylic acids is 1. The standard InChI is InChI=1S/C22H32N2O2/c1-15-16(2)24(20-10-8-7-9-19(15)20)17(3)18-11-13-23(14-12-18)21(25)26-22(4,5)6/h7-10,17-18H,11-14H2,1-6H3/t17-/m1/s1. The summed E-state index contributed by atoms with van der Waals surface area (Å²) in [5, 5.41) is 1.35. The summed E-state index contributed by atoms with van der Waals surface area (Å²) < 4.78 is 8.02. The van der Waals surface area contributed by atoms with Gasteiger partial charge in [-0.1, -0.05) is 18.2 Å². The van der Waals surface area contributed by atoms with E-state index in [1.165, 1.54) is 22.2 Å². The Balaban J connectivity index is 1.73. The van der Waals surface area contributed by atoms with Gasteiger partial charge >= 0.3 is 6.09 Å². The van der Waals surface area contributed by atoms with Crippen LogP contribution in [0.15, 0.2) is 24.3 Å². The monoisotopic (exact) mass is 356 g/mol. The van der Waals surface area contributed by atoms with Crippen molar-refractivity contribution < 1.29 is 9.53 Å². The number of nitrogens with zero attached hydrogens (tertiary/aromatic N) is 2. The fraction of sp³-hybridized carbons (Fsp3) is 0.591. The van der Waals surface area contributed by atoms with Crippen LogP contribution < -0.4 is 0 Å². The Bertz CT molecular complexity index is 792. The van der Waals surface area contributed by atoms with E-state index < -0.39 is 5.60 Å². The highest BCUT2D eigenvalue weighted by Crippen LogP contribution is 2.35. The minimum absolute atomic E-state index is 0.179. The van der Waals surface area contributed by atoms with Crippen molar-refractivity contribution >= 4 is 17.0 Å². The minimum atomic E-state index is -0.431. The second-order valence-electron chi connectivity index (χ2n) is 8.64. The van der Waals surface area contributed by atoms with Crippen molar-refractivity contribution in [3.8, 4) is 0 Å². The number of hydrogen-bond acceptors (Lipinski definition) is 2. The zero-order valence-electron chi connectivity index (χ0n) is 17.0. The van der Waals surface area contributed by atoms with Crippen molar-refractivity contribution in [1.29, 1.82) is 0 Å². The number of likely N-dealkylation sites (tertiary alicyclic amines) is 1. The van der Waals surface area contributed by atoms with Crippen LogP contribution in [0.25, 0.3) is 10.9 Å². The Morgan fingerprint density at radius 1 is 1.15 bits per heavy atom. The van der Waals surface area contributed by atoms with Gasteiger partial charge in [0.1, 0.15) is 5.60 Å². The van der Waals surface area contributed by atoms with E-state index in [9.17, 15) is 4.79 Å². The van der Waals surface area contributed by atoms with Crippen molar-refractivity contribution in [2.24, 2.45) is 5.92 Å². The molecule has 3 rings (SSSR count). The van der Waals surface area contributed by atoms with Crippen LogP contribution in [0.4, 0.5) is 4.79 Å². The summed E-state index contributed by atoms with van der Waals surface area (Å²) in [6.07, 6.45) is 1.86. The summed E-state index contributed by atoms with van der Waals surface area (Å²) in [6, 6.07) is 9.10. The highest BCUT2D eigenvalue weighted by atomic mass is 16.6. The minimum Gasteiger partial charge on any atom is -0.444 e. The molecule has 0 bridgehead atoms. The molecule has 1 aliphatic heterocycles. The molecule has 4 heteroatoms.